The number of rotatable bonds is 6. The zero-order valence-electron chi connectivity index (χ0n) is 13.4. The lowest BCUT2D eigenvalue weighted by molar-refractivity contribution is -0.114. The smallest absolute Gasteiger partial charge is 0.270 e. The molecule has 2 aromatic rings. The van der Waals surface area contributed by atoms with Gasteiger partial charge in [0, 0.05) is 18.8 Å². The van der Waals surface area contributed by atoms with Gasteiger partial charge in [-0.15, -0.1) is 11.3 Å². The number of carbonyl (C=O) groups excluding carboxylic acids is 2. The summed E-state index contributed by atoms with van der Waals surface area (Å²) in [7, 11) is 0. The molecule has 1 fully saturated rings. The molecule has 3 heterocycles. The van der Waals surface area contributed by atoms with Crippen molar-refractivity contribution in [1.82, 2.24) is 15.2 Å². The lowest BCUT2D eigenvalue weighted by Gasteiger charge is -2.25. The molecule has 0 spiro atoms. The summed E-state index contributed by atoms with van der Waals surface area (Å²) in [5.41, 5.74) is 0.309. The van der Waals surface area contributed by atoms with Crippen LogP contribution in [0, 0.1) is 0 Å². The number of nitrogens with one attached hydrogen (secondary N) is 2. The van der Waals surface area contributed by atoms with Crippen LogP contribution in [0.4, 0.5) is 5.13 Å². The minimum atomic E-state index is -0.251. The number of thiazole rings is 1. The zero-order valence-corrected chi connectivity index (χ0v) is 14.3. The first kappa shape index (κ1) is 16.7. The van der Waals surface area contributed by atoms with Crippen molar-refractivity contribution >= 4 is 28.3 Å². The predicted molar refractivity (Wildman–Crippen MR) is 91.0 cm³/mol. The monoisotopic (exact) mass is 348 g/mol. The molecule has 0 saturated carbocycles. The van der Waals surface area contributed by atoms with Crippen LogP contribution in [-0.2, 0) is 4.79 Å². The maximum atomic E-state index is 12.3. The minimum absolute atomic E-state index is 0.0277. The van der Waals surface area contributed by atoms with Gasteiger partial charge in [-0.05, 0) is 38.1 Å². The van der Waals surface area contributed by atoms with Crippen LogP contribution in [0.2, 0.25) is 0 Å². The van der Waals surface area contributed by atoms with Crippen molar-refractivity contribution in [2.24, 2.45) is 0 Å². The molecule has 2 N–H and O–H groups in total. The van der Waals surface area contributed by atoms with E-state index in [1.165, 1.54) is 18.3 Å². The minimum Gasteiger partial charge on any atom is -0.468 e. The number of aromatic nitrogens is 1. The number of anilines is 1. The Hall–Kier alpha value is -2.19. The van der Waals surface area contributed by atoms with Crippen molar-refractivity contribution in [3.8, 4) is 0 Å². The van der Waals surface area contributed by atoms with E-state index in [1.807, 2.05) is 12.1 Å². The van der Waals surface area contributed by atoms with E-state index in [0.29, 0.717) is 17.4 Å². The Morgan fingerprint density at radius 1 is 1.42 bits per heavy atom. The van der Waals surface area contributed by atoms with Crippen LogP contribution < -0.4 is 10.6 Å². The molecule has 2 aromatic heterocycles. The molecule has 3 rings (SSSR count). The third-order valence-corrected chi connectivity index (χ3v) is 4.69. The van der Waals surface area contributed by atoms with E-state index < -0.39 is 0 Å². The number of amides is 2. The molecule has 7 nitrogen and oxygen atoms in total. The quantitative estimate of drug-likeness (QED) is 0.836. The Bertz CT molecular complexity index is 692. The molecule has 1 saturated heterocycles. The van der Waals surface area contributed by atoms with Crippen LogP contribution in [0.25, 0.3) is 0 Å². The van der Waals surface area contributed by atoms with Crippen molar-refractivity contribution in [3.05, 3.63) is 35.2 Å². The lowest BCUT2D eigenvalue weighted by atomic mass is 10.2. The average Bonchev–Trinajstić information content (AvgIpc) is 3.29. The molecule has 1 aliphatic rings. The van der Waals surface area contributed by atoms with Crippen LogP contribution in [-0.4, -0.2) is 41.3 Å². The Labute approximate surface area is 144 Å². The highest BCUT2D eigenvalue weighted by molar-refractivity contribution is 7.14. The van der Waals surface area contributed by atoms with Crippen molar-refractivity contribution < 1.29 is 14.0 Å². The third kappa shape index (κ3) is 4.01. The second-order valence-corrected chi connectivity index (χ2v) is 6.56. The predicted octanol–water partition coefficient (Wildman–Crippen LogP) is 2.26. The van der Waals surface area contributed by atoms with Gasteiger partial charge in [0.2, 0.25) is 5.91 Å². The van der Waals surface area contributed by atoms with Gasteiger partial charge < -0.3 is 15.1 Å². The molecule has 1 aliphatic heterocycles. The summed E-state index contributed by atoms with van der Waals surface area (Å²) in [6.07, 6.45) is 3.98. The van der Waals surface area contributed by atoms with E-state index >= 15 is 0 Å². The normalized spacial score (nSPS) is 16.0. The van der Waals surface area contributed by atoms with Crippen LogP contribution >= 0.6 is 11.3 Å². The highest BCUT2D eigenvalue weighted by Crippen LogP contribution is 2.25. The van der Waals surface area contributed by atoms with Gasteiger partial charge in [0.05, 0.1) is 12.3 Å². The summed E-state index contributed by atoms with van der Waals surface area (Å²) in [4.78, 5) is 29.8. The summed E-state index contributed by atoms with van der Waals surface area (Å²) >= 11 is 1.23. The van der Waals surface area contributed by atoms with Gasteiger partial charge in [-0.2, -0.15) is 0 Å². The van der Waals surface area contributed by atoms with Gasteiger partial charge in [0.25, 0.3) is 5.91 Å². The largest absolute Gasteiger partial charge is 0.468 e. The molecule has 1 atom stereocenters. The number of furan rings is 1. The molecule has 0 unspecified atom stereocenters. The van der Waals surface area contributed by atoms with E-state index in [2.05, 4.69) is 20.5 Å². The van der Waals surface area contributed by atoms with E-state index in [0.717, 1.165) is 31.7 Å². The van der Waals surface area contributed by atoms with Gasteiger partial charge in [-0.1, -0.05) is 0 Å². The summed E-state index contributed by atoms with van der Waals surface area (Å²) in [6, 6.07) is 3.83. The van der Waals surface area contributed by atoms with E-state index in [4.69, 9.17) is 4.42 Å². The molecule has 8 heteroatoms. The van der Waals surface area contributed by atoms with Gasteiger partial charge in [-0.3, -0.25) is 14.5 Å². The fraction of sp³-hybridized carbons (Fsp3) is 0.438. The second kappa shape index (κ2) is 7.59. The molecule has 0 bridgehead atoms. The number of nitrogens with zero attached hydrogens (tertiary/aromatic N) is 2. The Kier molecular flexibility index (Phi) is 5.27. The Morgan fingerprint density at radius 3 is 2.88 bits per heavy atom. The first-order chi connectivity index (χ1) is 11.6. The van der Waals surface area contributed by atoms with Crippen LogP contribution in [0.5, 0.6) is 0 Å². The van der Waals surface area contributed by atoms with Crippen LogP contribution in [0.3, 0.4) is 0 Å². The zero-order chi connectivity index (χ0) is 16.9. The summed E-state index contributed by atoms with van der Waals surface area (Å²) in [5.74, 6) is 0.399. The molecule has 0 radical (unpaired) electrons. The third-order valence-electron chi connectivity index (χ3n) is 3.93. The highest BCUT2D eigenvalue weighted by Gasteiger charge is 2.26. The SMILES string of the molecule is CC(=O)Nc1nc(C(=O)NC[C@@H](c2ccco2)N2CCCC2)cs1. The highest BCUT2D eigenvalue weighted by atomic mass is 32.1. The Balaban J connectivity index is 1.62. The van der Waals surface area contributed by atoms with Crippen molar-refractivity contribution in [1.29, 1.82) is 0 Å². The maximum absolute atomic E-state index is 12.3. The number of hydrogen-bond donors (Lipinski definition) is 2. The molecule has 24 heavy (non-hydrogen) atoms. The molecular formula is C16H20N4O3S. The fourth-order valence-corrected chi connectivity index (χ4v) is 3.55. The van der Waals surface area contributed by atoms with Crippen molar-refractivity contribution in [2.75, 3.05) is 25.0 Å². The first-order valence-electron chi connectivity index (χ1n) is 7.92. The van der Waals surface area contributed by atoms with E-state index in [1.54, 1.807) is 11.6 Å². The topological polar surface area (TPSA) is 87.5 Å². The second-order valence-electron chi connectivity index (χ2n) is 5.70. The van der Waals surface area contributed by atoms with Gasteiger partial charge in [0.15, 0.2) is 5.13 Å². The van der Waals surface area contributed by atoms with Crippen molar-refractivity contribution in [3.63, 3.8) is 0 Å². The number of carbonyl (C=O) groups is 2. The van der Waals surface area contributed by atoms with Gasteiger partial charge in [0.1, 0.15) is 11.5 Å². The molecule has 0 aliphatic carbocycles. The fourth-order valence-electron chi connectivity index (χ4n) is 2.81. The van der Waals surface area contributed by atoms with Gasteiger partial charge in [-0.25, -0.2) is 4.98 Å². The van der Waals surface area contributed by atoms with E-state index in [9.17, 15) is 9.59 Å². The molecule has 2 amide bonds. The molecule has 0 aromatic carbocycles. The first-order valence-corrected chi connectivity index (χ1v) is 8.80. The van der Waals surface area contributed by atoms with Crippen LogP contribution in [0.15, 0.2) is 28.2 Å². The molecule has 128 valence electrons. The summed E-state index contributed by atoms with van der Waals surface area (Å²) in [5, 5.41) is 7.56. The maximum Gasteiger partial charge on any atom is 0.270 e. The number of hydrogen-bond acceptors (Lipinski definition) is 6. The Morgan fingerprint density at radius 2 is 2.21 bits per heavy atom. The summed E-state index contributed by atoms with van der Waals surface area (Å²) in [6.45, 7) is 3.87. The van der Waals surface area contributed by atoms with Crippen molar-refractivity contribution in [2.45, 2.75) is 25.8 Å². The standard InChI is InChI=1S/C16H20N4O3S/c1-11(21)18-16-19-12(10-24-16)15(22)17-9-13(14-5-4-8-23-14)20-6-2-3-7-20/h4-5,8,10,13H,2-3,6-7,9H2,1H3,(H,17,22)(H,18,19,21)/t13-/m0/s1. The van der Waals surface area contributed by atoms with Gasteiger partial charge >= 0.3 is 0 Å². The van der Waals surface area contributed by atoms with Crippen LogP contribution in [0.1, 0.15) is 42.1 Å². The lowest BCUT2D eigenvalue weighted by Crippen LogP contribution is -2.36. The van der Waals surface area contributed by atoms with E-state index in [-0.39, 0.29) is 17.9 Å². The average molecular weight is 348 g/mol. The molecular weight excluding hydrogens is 328 g/mol. The number of likely N-dealkylation sites (tertiary alicyclic amines) is 1. The summed E-state index contributed by atoms with van der Waals surface area (Å²) < 4.78 is 5.54.